The van der Waals surface area contributed by atoms with E-state index in [1.165, 1.54) is 28.2 Å². The summed E-state index contributed by atoms with van der Waals surface area (Å²) in [4.78, 5) is 6.67. The normalized spacial score (nSPS) is 11.2. The van der Waals surface area contributed by atoms with Crippen LogP contribution in [0, 0.1) is 20.8 Å². The zero-order valence-corrected chi connectivity index (χ0v) is 17.7. The molecule has 0 spiro atoms. The summed E-state index contributed by atoms with van der Waals surface area (Å²) < 4.78 is 10.5. The van der Waals surface area contributed by atoms with Gasteiger partial charge in [0.2, 0.25) is 0 Å². The Kier molecular flexibility index (Phi) is 6.78. The highest BCUT2D eigenvalue weighted by Crippen LogP contribution is 2.31. The highest BCUT2D eigenvalue weighted by molar-refractivity contribution is 7.07. The lowest BCUT2D eigenvalue weighted by Crippen LogP contribution is -2.24. The predicted octanol–water partition coefficient (Wildman–Crippen LogP) is 4.39. The molecule has 2 aromatic carbocycles. The van der Waals surface area contributed by atoms with E-state index in [1.54, 1.807) is 0 Å². The number of likely N-dealkylation sites (N-methyl/N-ethyl adjacent to an activating group) is 1. The van der Waals surface area contributed by atoms with E-state index in [2.05, 4.69) is 59.3 Å². The van der Waals surface area contributed by atoms with Gasteiger partial charge >= 0.3 is 0 Å². The van der Waals surface area contributed by atoms with Gasteiger partial charge in [-0.25, -0.2) is 0 Å². The number of rotatable bonds is 8. The first kappa shape index (κ1) is 20.5. The van der Waals surface area contributed by atoms with Gasteiger partial charge in [0.15, 0.2) is 5.82 Å². The van der Waals surface area contributed by atoms with Gasteiger partial charge in [-0.1, -0.05) is 35.9 Å². The number of aliphatic hydroxyl groups excluding tert-OH is 1. The quantitative estimate of drug-likeness (QED) is 0.611. The summed E-state index contributed by atoms with van der Waals surface area (Å²) in [5.41, 5.74) is 5.78. The molecule has 0 bridgehead atoms. The van der Waals surface area contributed by atoms with Crippen LogP contribution in [0.25, 0.3) is 11.4 Å². The minimum atomic E-state index is 0.188. The van der Waals surface area contributed by atoms with Gasteiger partial charge in [-0.2, -0.15) is 9.36 Å². The maximum absolute atomic E-state index is 9.03. The van der Waals surface area contributed by atoms with Crippen LogP contribution in [0.2, 0.25) is 0 Å². The molecule has 1 N–H and O–H groups in total. The van der Waals surface area contributed by atoms with Gasteiger partial charge in [0, 0.05) is 30.2 Å². The number of nitrogens with zero attached hydrogens (tertiary/aromatic N) is 3. The molecule has 0 aliphatic heterocycles. The van der Waals surface area contributed by atoms with Crippen molar-refractivity contribution >= 4 is 11.5 Å². The zero-order chi connectivity index (χ0) is 20.1. The molecule has 0 saturated carbocycles. The number of aliphatic hydroxyl groups is 1. The van der Waals surface area contributed by atoms with Crippen LogP contribution in [0.3, 0.4) is 0 Å². The fraction of sp³-hybridized carbons (Fsp3) is 0.364. The molecule has 3 rings (SSSR count). The molecule has 3 aromatic rings. The van der Waals surface area contributed by atoms with Crippen molar-refractivity contribution in [3.05, 3.63) is 58.7 Å². The summed E-state index contributed by atoms with van der Waals surface area (Å²) in [5.74, 6) is 1.51. The summed E-state index contributed by atoms with van der Waals surface area (Å²) in [6.07, 6.45) is 0.944. The molecule has 28 heavy (non-hydrogen) atoms. The van der Waals surface area contributed by atoms with Crippen molar-refractivity contribution in [1.82, 2.24) is 14.3 Å². The largest absolute Gasteiger partial charge is 0.430 e. The lowest BCUT2D eigenvalue weighted by atomic mass is 10.0. The fourth-order valence-electron chi connectivity index (χ4n) is 2.99. The van der Waals surface area contributed by atoms with Crippen LogP contribution >= 0.6 is 11.5 Å². The predicted molar refractivity (Wildman–Crippen MR) is 114 cm³/mol. The Morgan fingerprint density at radius 2 is 1.79 bits per heavy atom. The molecule has 1 heterocycles. The van der Waals surface area contributed by atoms with E-state index in [1.807, 2.05) is 19.2 Å². The molecule has 1 aromatic heterocycles. The van der Waals surface area contributed by atoms with Crippen LogP contribution in [-0.2, 0) is 6.42 Å². The summed E-state index contributed by atoms with van der Waals surface area (Å²) >= 11 is 1.27. The molecule has 0 radical (unpaired) electrons. The second kappa shape index (κ2) is 9.28. The number of hydrogen-bond donors (Lipinski definition) is 1. The van der Waals surface area contributed by atoms with Gasteiger partial charge in [0.1, 0.15) is 5.75 Å². The Bertz CT molecular complexity index is 922. The smallest absolute Gasteiger partial charge is 0.299 e. The molecule has 0 unspecified atom stereocenters. The van der Waals surface area contributed by atoms with E-state index in [9.17, 15) is 0 Å². The molecular formula is C22H27N3O2S. The number of hydrogen-bond acceptors (Lipinski definition) is 6. The second-order valence-corrected chi connectivity index (χ2v) is 7.89. The number of ether oxygens (including phenoxy) is 1. The van der Waals surface area contributed by atoms with Crippen LogP contribution in [0.15, 0.2) is 36.4 Å². The van der Waals surface area contributed by atoms with Crippen LogP contribution in [0.5, 0.6) is 10.9 Å². The number of aromatic nitrogens is 2. The van der Waals surface area contributed by atoms with Gasteiger partial charge < -0.3 is 14.7 Å². The topological polar surface area (TPSA) is 58.5 Å². The van der Waals surface area contributed by atoms with E-state index >= 15 is 0 Å². The molecule has 0 saturated heterocycles. The Hall–Kier alpha value is -2.28. The first-order chi connectivity index (χ1) is 13.5. The van der Waals surface area contributed by atoms with Crippen LogP contribution in [0.1, 0.15) is 22.3 Å². The van der Waals surface area contributed by atoms with Crippen molar-refractivity contribution in [2.45, 2.75) is 27.2 Å². The highest BCUT2D eigenvalue weighted by atomic mass is 32.1. The average molecular weight is 398 g/mol. The summed E-state index contributed by atoms with van der Waals surface area (Å²) in [6, 6.07) is 12.4. The summed E-state index contributed by atoms with van der Waals surface area (Å²) in [7, 11) is 2.02. The van der Waals surface area contributed by atoms with Gasteiger partial charge in [0.25, 0.3) is 5.19 Å². The van der Waals surface area contributed by atoms with Crippen LogP contribution in [0.4, 0.5) is 0 Å². The number of aryl methyl sites for hydroxylation is 3. The summed E-state index contributed by atoms with van der Waals surface area (Å²) in [6.45, 7) is 8.01. The molecule has 0 aliphatic carbocycles. The lowest BCUT2D eigenvalue weighted by molar-refractivity contribution is 0.223. The Morgan fingerprint density at radius 3 is 2.50 bits per heavy atom. The zero-order valence-electron chi connectivity index (χ0n) is 16.9. The van der Waals surface area contributed by atoms with E-state index in [4.69, 9.17) is 9.84 Å². The van der Waals surface area contributed by atoms with Gasteiger partial charge in [-0.3, -0.25) is 0 Å². The number of benzene rings is 2. The third-order valence-corrected chi connectivity index (χ3v) is 5.39. The molecular weight excluding hydrogens is 370 g/mol. The van der Waals surface area contributed by atoms with E-state index in [0.29, 0.717) is 17.6 Å². The lowest BCUT2D eigenvalue weighted by Gasteiger charge is -2.17. The third-order valence-electron chi connectivity index (χ3n) is 4.79. The Balaban J connectivity index is 1.71. The maximum Gasteiger partial charge on any atom is 0.299 e. The van der Waals surface area contributed by atoms with E-state index in [0.717, 1.165) is 29.8 Å². The van der Waals surface area contributed by atoms with Crippen molar-refractivity contribution < 1.29 is 9.84 Å². The summed E-state index contributed by atoms with van der Waals surface area (Å²) in [5, 5.41) is 9.58. The maximum atomic E-state index is 9.03. The highest BCUT2D eigenvalue weighted by Gasteiger charge is 2.12. The molecule has 0 aliphatic rings. The van der Waals surface area contributed by atoms with Crippen LogP contribution < -0.4 is 4.74 Å². The van der Waals surface area contributed by atoms with Crippen LogP contribution in [-0.4, -0.2) is 46.1 Å². The Morgan fingerprint density at radius 1 is 1.04 bits per heavy atom. The first-order valence-electron chi connectivity index (χ1n) is 9.44. The molecule has 5 nitrogen and oxygen atoms in total. The van der Waals surface area contributed by atoms with Crippen molar-refractivity contribution in [2.75, 3.05) is 26.7 Å². The van der Waals surface area contributed by atoms with E-state index < -0.39 is 0 Å². The van der Waals surface area contributed by atoms with E-state index in [-0.39, 0.29) is 6.61 Å². The van der Waals surface area contributed by atoms with Gasteiger partial charge in [-0.05, 0) is 57.0 Å². The van der Waals surface area contributed by atoms with Gasteiger partial charge in [-0.15, -0.1) is 0 Å². The van der Waals surface area contributed by atoms with Gasteiger partial charge in [0.05, 0.1) is 6.61 Å². The standard InChI is InChI=1S/C22H27N3O2S/c1-15-5-7-18(8-6-15)21-23-22(28-24-21)27-20-14-16(2)19(13-17(20)3)9-10-25(4)11-12-26/h5-8,13-14,26H,9-12H2,1-4H3. The van der Waals surface area contributed by atoms with Crippen molar-refractivity contribution in [3.8, 4) is 22.3 Å². The molecule has 6 heteroatoms. The third kappa shape index (κ3) is 5.16. The van der Waals surface area contributed by atoms with Crippen molar-refractivity contribution in [2.24, 2.45) is 0 Å². The molecule has 0 fully saturated rings. The van der Waals surface area contributed by atoms with Crippen molar-refractivity contribution in [1.29, 1.82) is 0 Å². The minimum absolute atomic E-state index is 0.188. The van der Waals surface area contributed by atoms with Crippen molar-refractivity contribution in [3.63, 3.8) is 0 Å². The monoisotopic (exact) mass is 397 g/mol. The molecule has 0 atom stereocenters. The second-order valence-electron chi connectivity index (χ2n) is 7.17. The fourth-order valence-corrected chi connectivity index (χ4v) is 3.55. The average Bonchev–Trinajstić information content (AvgIpc) is 3.12. The molecule has 148 valence electrons. The first-order valence-corrected chi connectivity index (χ1v) is 10.2. The molecule has 0 amide bonds. The SMILES string of the molecule is Cc1ccc(-c2nsc(Oc3cc(C)c(CCN(C)CCO)cc3C)n2)cc1. The Labute approximate surface area is 170 Å². The minimum Gasteiger partial charge on any atom is -0.430 e.